The molecule has 58 valence electrons. The van der Waals surface area contributed by atoms with E-state index in [1.165, 1.54) is 14.1 Å². The molecule has 0 aliphatic rings. The summed E-state index contributed by atoms with van der Waals surface area (Å²) in [6.45, 7) is 0. The van der Waals surface area contributed by atoms with Gasteiger partial charge >= 0.3 is 11.6 Å². The van der Waals surface area contributed by atoms with Gasteiger partial charge in [-0.3, -0.25) is 14.4 Å². The van der Waals surface area contributed by atoms with E-state index in [4.69, 9.17) is 5.26 Å². The molecule has 0 atom stereocenters. The SMILES string of the molecule is CN(C)C(=O)C(=O)C(=O)C#N. The van der Waals surface area contributed by atoms with Gasteiger partial charge in [0, 0.05) is 14.1 Å². The number of hydrogen-bond donors (Lipinski definition) is 0. The Morgan fingerprint density at radius 1 is 1.27 bits per heavy atom. The predicted octanol–water partition coefficient (Wildman–Crippen LogP) is -1.26. The maximum atomic E-state index is 10.6. The number of hydrogen-bond acceptors (Lipinski definition) is 4. The van der Waals surface area contributed by atoms with Crippen LogP contribution >= 0.6 is 0 Å². The normalized spacial score (nSPS) is 8.09. The van der Waals surface area contributed by atoms with Gasteiger partial charge in [0.25, 0.3) is 5.91 Å². The summed E-state index contributed by atoms with van der Waals surface area (Å²) in [4.78, 5) is 32.4. The Hall–Kier alpha value is -1.70. The summed E-state index contributed by atoms with van der Waals surface area (Å²) in [6.07, 6.45) is 0. The maximum absolute atomic E-state index is 10.6. The molecule has 0 aromatic rings. The highest BCUT2D eigenvalue weighted by Crippen LogP contribution is 1.82. The van der Waals surface area contributed by atoms with Crippen LogP contribution in [0.25, 0.3) is 0 Å². The van der Waals surface area contributed by atoms with Gasteiger partial charge in [-0.05, 0) is 0 Å². The highest BCUT2D eigenvalue weighted by Gasteiger charge is 2.23. The smallest absolute Gasteiger partial charge is 0.307 e. The minimum atomic E-state index is -1.33. The summed E-state index contributed by atoms with van der Waals surface area (Å²) in [6, 6.07) is 1.06. The monoisotopic (exact) mass is 154 g/mol. The van der Waals surface area contributed by atoms with E-state index in [1.54, 1.807) is 0 Å². The zero-order valence-corrected chi connectivity index (χ0v) is 6.12. The van der Waals surface area contributed by atoms with Crippen LogP contribution in [-0.2, 0) is 14.4 Å². The van der Waals surface area contributed by atoms with Gasteiger partial charge in [-0.2, -0.15) is 5.26 Å². The first kappa shape index (κ1) is 9.30. The molecule has 1 amide bonds. The van der Waals surface area contributed by atoms with Crippen LogP contribution in [0.5, 0.6) is 0 Å². The molecule has 0 saturated carbocycles. The molecule has 0 saturated heterocycles. The molecule has 5 heteroatoms. The summed E-state index contributed by atoms with van der Waals surface area (Å²) in [7, 11) is 2.65. The van der Waals surface area contributed by atoms with E-state index in [-0.39, 0.29) is 0 Å². The lowest BCUT2D eigenvalue weighted by Gasteiger charge is -2.05. The molecule has 11 heavy (non-hydrogen) atoms. The number of nitriles is 1. The molecule has 0 N–H and O–H groups in total. The lowest BCUT2D eigenvalue weighted by molar-refractivity contribution is -0.146. The molecule has 0 rings (SSSR count). The minimum Gasteiger partial charge on any atom is -0.342 e. The number of amides is 1. The molecule has 0 bridgehead atoms. The quantitative estimate of drug-likeness (QED) is 0.282. The van der Waals surface area contributed by atoms with E-state index in [1.807, 2.05) is 0 Å². The number of Topliss-reactive ketones (excluding diaryl/α,β-unsaturated/α-hetero) is 2. The third-order valence-corrected chi connectivity index (χ3v) is 0.908. The van der Waals surface area contributed by atoms with E-state index < -0.39 is 17.5 Å². The Labute approximate surface area is 63.2 Å². The van der Waals surface area contributed by atoms with Gasteiger partial charge in [-0.25, -0.2) is 0 Å². The first-order valence-electron chi connectivity index (χ1n) is 2.70. The second-order valence-corrected chi connectivity index (χ2v) is 1.97. The van der Waals surface area contributed by atoms with Crippen molar-refractivity contribution in [3.05, 3.63) is 0 Å². The van der Waals surface area contributed by atoms with Crippen molar-refractivity contribution in [1.82, 2.24) is 4.90 Å². The lowest BCUT2D eigenvalue weighted by Crippen LogP contribution is -2.34. The van der Waals surface area contributed by atoms with Crippen LogP contribution in [-0.4, -0.2) is 36.5 Å². The van der Waals surface area contributed by atoms with Crippen molar-refractivity contribution in [3.63, 3.8) is 0 Å². The molecular weight excluding hydrogens is 148 g/mol. The lowest BCUT2D eigenvalue weighted by atomic mass is 10.2. The Balaban J connectivity index is 4.42. The van der Waals surface area contributed by atoms with Crippen LogP contribution in [0.4, 0.5) is 0 Å². The average molecular weight is 154 g/mol. The maximum Gasteiger partial charge on any atom is 0.307 e. The van der Waals surface area contributed by atoms with Crippen molar-refractivity contribution in [2.75, 3.05) is 14.1 Å². The van der Waals surface area contributed by atoms with Crippen molar-refractivity contribution in [3.8, 4) is 6.07 Å². The molecule has 0 spiro atoms. The van der Waals surface area contributed by atoms with Crippen LogP contribution in [0.15, 0.2) is 0 Å². The summed E-state index contributed by atoms with van der Waals surface area (Å²) in [5.41, 5.74) is 0. The van der Waals surface area contributed by atoms with Crippen LogP contribution in [0.3, 0.4) is 0 Å². The number of carbonyl (C=O) groups excluding carboxylic acids is 3. The Morgan fingerprint density at radius 3 is 2.00 bits per heavy atom. The predicted molar refractivity (Wildman–Crippen MR) is 34.3 cm³/mol. The van der Waals surface area contributed by atoms with Gasteiger partial charge in [0.05, 0.1) is 0 Å². The van der Waals surface area contributed by atoms with Crippen LogP contribution < -0.4 is 0 Å². The molecule has 0 heterocycles. The van der Waals surface area contributed by atoms with Crippen LogP contribution in [0.2, 0.25) is 0 Å². The highest BCUT2D eigenvalue weighted by atomic mass is 16.2. The molecule has 0 unspecified atom stereocenters. The van der Waals surface area contributed by atoms with Gasteiger partial charge < -0.3 is 4.90 Å². The minimum absolute atomic E-state index is 0.942. The fourth-order valence-electron chi connectivity index (χ4n) is 0.351. The van der Waals surface area contributed by atoms with Gasteiger partial charge in [0.15, 0.2) is 0 Å². The number of ketones is 2. The molecule has 0 aromatic heterocycles. The second-order valence-electron chi connectivity index (χ2n) is 1.97. The van der Waals surface area contributed by atoms with E-state index >= 15 is 0 Å². The van der Waals surface area contributed by atoms with E-state index in [0.717, 1.165) is 11.0 Å². The summed E-state index contributed by atoms with van der Waals surface area (Å²) in [5, 5.41) is 7.94. The van der Waals surface area contributed by atoms with Crippen molar-refractivity contribution in [2.24, 2.45) is 0 Å². The third kappa shape index (κ3) is 2.18. The molecule has 0 aromatic carbocycles. The van der Waals surface area contributed by atoms with Crippen LogP contribution in [0, 0.1) is 11.3 Å². The van der Waals surface area contributed by atoms with E-state index in [2.05, 4.69) is 0 Å². The standard InChI is InChI=1S/C6H6N2O3/c1-8(2)6(11)5(10)4(9)3-7/h1-2H3. The summed E-state index contributed by atoms with van der Waals surface area (Å²) >= 11 is 0. The molecule has 0 aliphatic carbocycles. The first-order chi connectivity index (χ1) is 5.00. The van der Waals surface area contributed by atoms with E-state index in [0.29, 0.717) is 0 Å². The summed E-state index contributed by atoms with van der Waals surface area (Å²) < 4.78 is 0. The highest BCUT2D eigenvalue weighted by molar-refractivity contribution is 6.66. The molecule has 5 nitrogen and oxygen atoms in total. The van der Waals surface area contributed by atoms with Gasteiger partial charge in [0.1, 0.15) is 6.07 Å². The average Bonchev–Trinajstić information content (AvgIpc) is 2.00. The van der Waals surface area contributed by atoms with Gasteiger partial charge in [-0.1, -0.05) is 0 Å². The molecule has 0 aliphatic heterocycles. The zero-order chi connectivity index (χ0) is 9.02. The largest absolute Gasteiger partial charge is 0.342 e. The number of nitrogens with zero attached hydrogens (tertiary/aromatic N) is 2. The van der Waals surface area contributed by atoms with Crippen molar-refractivity contribution in [1.29, 1.82) is 5.26 Å². The number of likely N-dealkylation sites (N-methyl/N-ethyl adjacent to an activating group) is 1. The number of carbonyl (C=O) groups is 3. The first-order valence-corrected chi connectivity index (χ1v) is 2.70. The zero-order valence-electron chi connectivity index (χ0n) is 6.12. The molecule has 0 fully saturated rings. The van der Waals surface area contributed by atoms with Crippen molar-refractivity contribution < 1.29 is 14.4 Å². The van der Waals surface area contributed by atoms with Crippen molar-refractivity contribution in [2.45, 2.75) is 0 Å². The third-order valence-electron chi connectivity index (χ3n) is 0.908. The fraction of sp³-hybridized carbons (Fsp3) is 0.333. The second kappa shape index (κ2) is 3.46. The van der Waals surface area contributed by atoms with Gasteiger partial charge in [-0.15, -0.1) is 0 Å². The van der Waals surface area contributed by atoms with Crippen molar-refractivity contribution >= 4 is 17.5 Å². The summed E-state index contributed by atoms with van der Waals surface area (Å²) in [5.74, 6) is -3.60. The molecule has 0 radical (unpaired) electrons. The Morgan fingerprint density at radius 2 is 1.73 bits per heavy atom. The van der Waals surface area contributed by atoms with Gasteiger partial charge in [0.2, 0.25) is 0 Å². The topological polar surface area (TPSA) is 78.2 Å². The molecular formula is C6H6N2O3. The number of rotatable bonds is 2. The fourth-order valence-corrected chi connectivity index (χ4v) is 0.351. The Bertz CT molecular complexity index is 249. The van der Waals surface area contributed by atoms with Crippen LogP contribution in [0.1, 0.15) is 0 Å². The van der Waals surface area contributed by atoms with E-state index in [9.17, 15) is 14.4 Å². The Kier molecular flexibility index (Phi) is 2.93.